The lowest BCUT2D eigenvalue weighted by Gasteiger charge is -2.14. The number of halogens is 2. The number of alkyl halides is 2. The van der Waals surface area contributed by atoms with E-state index >= 15 is 0 Å². The molecular weight excluding hydrogens is 340 g/mol. The Hall–Kier alpha value is -2.63. The highest BCUT2D eigenvalue weighted by molar-refractivity contribution is 5.91. The number of ether oxygens (including phenoxy) is 1. The van der Waals surface area contributed by atoms with Gasteiger partial charge in [0.05, 0.1) is 6.04 Å². The second-order valence-electron chi connectivity index (χ2n) is 6.57. The lowest BCUT2D eigenvalue weighted by molar-refractivity contribution is -0.117. The number of hydrogen-bond donors (Lipinski definition) is 1. The number of amides is 1. The van der Waals surface area contributed by atoms with Gasteiger partial charge in [0.15, 0.2) is 0 Å². The first kappa shape index (κ1) is 18.2. The molecular formula is C20H21F2NO3. The van der Waals surface area contributed by atoms with Crippen molar-refractivity contribution in [2.75, 3.05) is 0 Å². The topological polar surface area (TPSA) is 51.5 Å². The monoisotopic (exact) mass is 361 g/mol. The summed E-state index contributed by atoms with van der Waals surface area (Å²) in [6, 6.07) is 9.71. The van der Waals surface area contributed by atoms with Crippen LogP contribution in [0.15, 0.2) is 46.9 Å². The fourth-order valence-corrected chi connectivity index (χ4v) is 2.84. The lowest BCUT2D eigenvalue weighted by atomic mass is 10.1. The Morgan fingerprint density at radius 3 is 2.81 bits per heavy atom. The second kappa shape index (κ2) is 7.72. The van der Waals surface area contributed by atoms with Crippen LogP contribution in [0.2, 0.25) is 0 Å². The minimum absolute atomic E-state index is 0.0616. The van der Waals surface area contributed by atoms with E-state index in [1.165, 1.54) is 18.2 Å². The Labute approximate surface area is 150 Å². The minimum atomic E-state index is -2.88. The van der Waals surface area contributed by atoms with Crippen LogP contribution in [0.1, 0.15) is 49.3 Å². The summed E-state index contributed by atoms with van der Waals surface area (Å²) in [4.78, 5) is 12.1. The van der Waals surface area contributed by atoms with E-state index in [0.717, 1.165) is 12.2 Å². The molecule has 4 nitrogen and oxygen atoms in total. The SMILES string of the molecule is CC(NC(=O)/C=C/c1ccc(C2CC2C)o1)c1cccc(OC(F)F)c1. The first-order chi connectivity index (χ1) is 12.4. The van der Waals surface area contributed by atoms with Crippen LogP contribution >= 0.6 is 0 Å². The van der Waals surface area contributed by atoms with Crippen LogP contribution in [0.4, 0.5) is 8.78 Å². The minimum Gasteiger partial charge on any atom is -0.461 e. The largest absolute Gasteiger partial charge is 0.461 e. The molecule has 1 aromatic carbocycles. The van der Waals surface area contributed by atoms with Crippen LogP contribution in [0.25, 0.3) is 6.08 Å². The van der Waals surface area contributed by atoms with E-state index < -0.39 is 6.61 Å². The van der Waals surface area contributed by atoms with Gasteiger partial charge in [-0.05, 0) is 55.2 Å². The fourth-order valence-electron chi connectivity index (χ4n) is 2.84. The van der Waals surface area contributed by atoms with Crippen LogP contribution in [-0.4, -0.2) is 12.5 Å². The van der Waals surface area contributed by atoms with Gasteiger partial charge in [-0.2, -0.15) is 8.78 Å². The average molecular weight is 361 g/mol. The summed E-state index contributed by atoms with van der Waals surface area (Å²) in [5.41, 5.74) is 0.674. The average Bonchev–Trinajstić information content (AvgIpc) is 3.14. The van der Waals surface area contributed by atoms with Gasteiger partial charge in [0, 0.05) is 12.0 Å². The molecule has 2 aromatic rings. The highest BCUT2D eigenvalue weighted by Crippen LogP contribution is 2.47. The summed E-state index contributed by atoms with van der Waals surface area (Å²) in [5.74, 6) is 2.51. The molecule has 3 rings (SSSR count). The fraction of sp³-hybridized carbons (Fsp3) is 0.350. The molecule has 26 heavy (non-hydrogen) atoms. The number of carbonyl (C=O) groups excluding carboxylic acids is 1. The van der Waals surface area contributed by atoms with Gasteiger partial charge in [0.2, 0.25) is 5.91 Å². The summed E-state index contributed by atoms with van der Waals surface area (Å²) >= 11 is 0. The molecule has 0 spiro atoms. The third kappa shape index (κ3) is 4.71. The van der Waals surface area contributed by atoms with Crippen LogP contribution in [0, 0.1) is 5.92 Å². The third-order valence-electron chi connectivity index (χ3n) is 4.46. The number of furan rings is 1. The highest BCUT2D eigenvalue weighted by atomic mass is 19.3. The Morgan fingerprint density at radius 1 is 1.35 bits per heavy atom. The lowest BCUT2D eigenvalue weighted by Crippen LogP contribution is -2.24. The van der Waals surface area contributed by atoms with Crippen molar-refractivity contribution in [2.45, 2.75) is 38.8 Å². The maximum Gasteiger partial charge on any atom is 0.387 e. The predicted molar refractivity (Wildman–Crippen MR) is 93.9 cm³/mol. The zero-order chi connectivity index (χ0) is 18.7. The normalized spacial score (nSPS) is 20.3. The van der Waals surface area contributed by atoms with Crippen LogP contribution < -0.4 is 10.1 Å². The molecule has 1 saturated carbocycles. The second-order valence-corrected chi connectivity index (χ2v) is 6.57. The van der Waals surface area contributed by atoms with E-state index in [0.29, 0.717) is 23.2 Å². The molecule has 1 N–H and O–H groups in total. The number of rotatable bonds is 7. The van der Waals surface area contributed by atoms with E-state index in [4.69, 9.17) is 4.42 Å². The van der Waals surface area contributed by atoms with Gasteiger partial charge in [-0.25, -0.2) is 0 Å². The summed E-state index contributed by atoms with van der Waals surface area (Å²) in [6.45, 7) is 1.07. The summed E-state index contributed by atoms with van der Waals surface area (Å²) in [7, 11) is 0. The van der Waals surface area contributed by atoms with Gasteiger partial charge in [-0.1, -0.05) is 19.1 Å². The van der Waals surface area contributed by atoms with E-state index in [-0.39, 0.29) is 17.7 Å². The Balaban J connectivity index is 1.56. The van der Waals surface area contributed by atoms with Crippen molar-refractivity contribution in [3.05, 3.63) is 59.6 Å². The van der Waals surface area contributed by atoms with E-state index in [1.807, 2.05) is 12.1 Å². The van der Waals surface area contributed by atoms with Gasteiger partial charge in [0.25, 0.3) is 0 Å². The molecule has 1 aromatic heterocycles. The molecule has 3 atom stereocenters. The smallest absolute Gasteiger partial charge is 0.387 e. The molecule has 1 aliphatic carbocycles. The molecule has 0 saturated heterocycles. The van der Waals surface area contributed by atoms with Crippen molar-refractivity contribution in [1.82, 2.24) is 5.32 Å². The van der Waals surface area contributed by atoms with Gasteiger partial charge in [0.1, 0.15) is 17.3 Å². The third-order valence-corrected chi connectivity index (χ3v) is 4.46. The Morgan fingerprint density at radius 2 is 2.12 bits per heavy atom. The number of nitrogens with one attached hydrogen (secondary N) is 1. The van der Waals surface area contributed by atoms with Crippen molar-refractivity contribution in [1.29, 1.82) is 0 Å². The molecule has 3 unspecified atom stereocenters. The summed E-state index contributed by atoms with van der Waals surface area (Å²) in [6.07, 6.45) is 4.16. The first-order valence-corrected chi connectivity index (χ1v) is 8.55. The molecule has 0 radical (unpaired) electrons. The van der Waals surface area contributed by atoms with Gasteiger partial charge in [-0.3, -0.25) is 4.79 Å². The van der Waals surface area contributed by atoms with Gasteiger partial charge < -0.3 is 14.5 Å². The predicted octanol–water partition coefficient (Wildman–Crippen LogP) is 4.90. The summed E-state index contributed by atoms with van der Waals surface area (Å²) in [5, 5.41) is 2.79. The van der Waals surface area contributed by atoms with E-state index in [2.05, 4.69) is 17.0 Å². The molecule has 1 amide bonds. The molecule has 1 fully saturated rings. The quantitative estimate of drug-likeness (QED) is 0.714. The van der Waals surface area contributed by atoms with Crippen LogP contribution in [0.5, 0.6) is 5.75 Å². The molecule has 1 aliphatic rings. The van der Waals surface area contributed by atoms with Crippen molar-refractivity contribution < 1.29 is 22.7 Å². The Kier molecular flexibility index (Phi) is 5.40. The Bertz CT molecular complexity index is 800. The van der Waals surface area contributed by atoms with E-state index in [1.54, 1.807) is 25.1 Å². The molecule has 6 heteroatoms. The first-order valence-electron chi connectivity index (χ1n) is 8.55. The maximum absolute atomic E-state index is 12.3. The van der Waals surface area contributed by atoms with E-state index in [9.17, 15) is 13.6 Å². The van der Waals surface area contributed by atoms with Crippen molar-refractivity contribution in [3.63, 3.8) is 0 Å². The number of benzene rings is 1. The number of carbonyl (C=O) groups is 1. The zero-order valence-corrected chi connectivity index (χ0v) is 14.6. The molecule has 1 heterocycles. The van der Waals surface area contributed by atoms with Crippen molar-refractivity contribution >= 4 is 12.0 Å². The maximum atomic E-state index is 12.3. The number of hydrogen-bond acceptors (Lipinski definition) is 3. The molecule has 0 bridgehead atoms. The molecule has 138 valence electrons. The van der Waals surface area contributed by atoms with Crippen LogP contribution in [-0.2, 0) is 4.79 Å². The molecule has 0 aliphatic heterocycles. The van der Waals surface area contributed by atoms with Crippen molar-refractivity contribution in [3.8, 4) is 5.75 Å². The summed E-state index contributed by atoms with van der Waals surface area (Å²) < 4.78 is 34.7. The van der Waals surface area contributed by atoms with Gasteiger partial charge >= 0.3 is 6.61 Å². The van der Waals surface area contributed by atoms with Gasteiger partial charge in [-0.15, -0.1) is 0 Å². The zero-order valence-electron chi connectivity index (χ0n) is 14.6. The van der Waals surface area contributed by atoms with Crippen molar-refractivity contribution in [2.24, 2.45) is 5.92 Å². The van der Waals surface area contributed by atoms with Crippen LogP contribution in [0.3, 0.4) is 0 Å². The standard InChI is InChI=1S/C20H21F2NO3/c1-12-10-17(12)18-8-6-15(25-18)7-9-19(24)23-13(2)14-4-3-5-16(11-14)26-20(21)22/h3-9,11-13,17,20H,10H2,1-2H3,(H,23,24)/b9-7+. The highest BCUT2D eigenvalue weighted by Gasteiger charge is 2.36.